The summed E-state index contributed by atoms with van der Waals surface area (Å²) in [5.74, 6) is -4.57. The van der Waals surface area contributed by atoms with E-state index in [1.165, 1.54) is 23.3 Å². The molecule has 8 N–H and O–H groups in total. The number of imide groups is 1. The summed E-state index contributed by atoms with van der Waals surface area (Å²) in [6.07, 6.45) is 5.47. The number of hydrogen-bond acceptors (Lipinski definition) is 15. The standard InChI is InChI=1S/C73H112N12O12S/c1-16-48(10)64(57(96-14)43-60(88)84-38-24-28-56(84)65(97-15)49(11)66(89)79-55(70-75-36-40-98-70)41-51-25-19-17-20-26-51)83(13)72(94)62(46(6)7)81-69(92)63(47(8)9)82(12)39-34-50-30-32-52(33-31-50)77-67(90)54(27-23-35-76-73(74)95)78-68(91)61(45(4)5)80-58(86)29-21-18-22-37-85-59(87)42-53(44(2)3)71(85)93/h17,19-20,25-26,30-33,36,40,44-47,49,53-57,61-65H,10,16,18,21-24,27-29,34-35,37-39,41-43H2,1-9,11-15H3,(H,77,90)(H,78,91)(H,79,89)(H,80,86)(H,81,92)(H3,74,76,95)/t49-,53?,54+,55+,56+,57-,61+,62+,63+,64+,65-/m1/s1. The van der Waals surface area contributed by atoms with Gasteiger partial charge in [0.05, 0.1) is 48.7 Å². The molecule has 11 atom stereocenters. The van der Waals surface area contributed by atoms with Crippen molar-refractivity contribution in [3.63, 3.8) is 0 Å². The average Bonchev–Trinajstić information content (AvgIpc) is 1.52. The Bertz CT molecular complexity index is 3110. The zero-order valence-corrected chi connectivity index (χ0v) is 61.2. The van der Waals surface area contributed by atoms with Gasteiger partial charge in [0.25, 0.3) is 0 Å². The number of urea groups is 1. The van der Waals surface area contributed by atoms with Crippen molar-refractivity contribution >= 4 is 76.2 Å². The van der Waals surface area contributed by atoms with Gasteiger partial charge in [-0.25, -0.2) is 9.78 Å². The quantitative estimate of drug-likeness (QED) is 0.0166. The molecular formula is C73H112N12O12S. The lowest BCUT2D eigenvalue weighted by Gasteiger charge is -2.39. The van der Waals surface area contributed by atoms with E-state index < -0.39 is 72.2 Å². The summed E-state index contributed by atoms with van der Waals surface area (Å²) in [6, 6.07) is 11.2. The monoisotopic (exact) mass is 1380 g/mol. The molecule has 2 saturated heterocycles. The number of carbonyl (C=O) groups excluding carboxylic acids is 10. The Balaban J connectivity index is 1.18. The van der Waals surface area contributed by atoms with E-state index in [-0.39, 0.29) is 109 Å². The van der Waals surface area contributed by atoms with Crippen LogP contribution in [0.2, 0.25) is 0 Å². The fraction of sp³-hybridized carbons (Fsp3) is 0.630. The minimum absolute atomic E-state index is 0.0737. The number of amides is 11. The Morgan fingerprint density at radius 3 is 2.03 bits per heavy atom. The van der Waals surface area contributed by atoms with Crippen molar-refractivity contribution in [1.82, 2.24) is 51.2 Å². The van der Waals surface area contributed by atoms with Gasteiger partial charge in [-0.2, -0.15) is 0 Å². The molecule has 11 amide bonds. The van der Waals surface area contributed by atoms with Gasteiger partial charge in [0.2, 0.25) is 53.2 Å². The molecule has 25 heteroatoms. The van der Waals surface area contributed by atoms with Crippen LogP contribution in [-0.4, -0.2) is 187 Å². The minimum atomic E-state index is -1.06. The first-order chi connectivity index (χ1) is 46.5. The van der Waals surface area contributed by atoms with Crippen LogP contribution in [0.3, 0.4) is 0 Å². The number of carbonyl (C=O) groups is 10. The topological polar surface area (TPSA) is 313 Å². The summed E-state index contributed by atoms with van der Waals surface area (Å²) in [5, 5.41) is 20.1. The number of benzene rings is 2. The number of nitrogens with one attached hydrogen (secondary N) is 6. The summed E-state index contributed by atoms with van der Waals surface area (Å²) in [4.78, 5) is 147. The van der Waals surface area contributed by atoms with Gasteiger partial charge in [-0.15, -0.1) is 11.3 Å². The molecule has 0 aliphatic carbocycles. The van der Waals surface area contributed by atoms with Gasteiger partial charge in [0, 0.05) is 83.5 Å². The van der Waals surface area contributed by atoms with E-state index in [0.29, 0.717) is 88.7 Å². The predicted octanol–water partition coefficient (Wildman–Crippen LogP) is 7.33. The summed E-state index contributed by atoms with van der Waals surface area (Å²) in [7, 11) is 6.59. The van der Waals surface area contributed by atoms with Crippen molar-refractivity contribution in [2.75, 3.05) is 59.8 Å². The first-order valence-corrected chi connectivity index (χ1v) is 35.8. The molecule has 2 aliphatic rings. The number of aromatic nitrogens is 1. The van der Waals surface area contributed by atoms with E-state index in [1.807, 2.05) is 115 Å². The maximum absolute atomic E-state index is 14.9. The molecule has 3 aromatic rings. The van der Waals surface area contributed by atoms with Crippen LogP contribution in [0.25, 0.3) is 0 Å². The van der Waals surface area contributed by atoms with Crippen molar-refractivity contribution in [2.45, 2.75) is 207 Å². The number of primary amides is 1. The normalized spacial score (nSPS) is 17.6. The van der Waals surface area contributed by atoms with Gasteiger partial charge >= 0.3 is 6.03 Å². The number of thiazole rings is 1. The number of likely N-dealkylation sites (tertiary alicyclic amines) is 2. The average molecular weight is 1380 g/mol. The highest BCUT2D eigenvalue weighted by molar-refractivity contribution is 7.09. The number of likely N-dealkylation sites (N-methyl/N-ethyl adjacent to an activating group) is 2. The molecule has 5 rings (SSSR count). The van der Waals surface area contributed by atoms with E-state index in [4.69, 9.17) is 15.2 Å². The van der Waals surface area contributed by atoms with Gasteiger partial charge < -0.3 is 56.9 Å². The van der Waals surface area contributed by atoms with Crippen LogP contribution in [0, 0.1) is 35.5 Å². The zero-order valence-electron chi connectivity index (χ0n) is 60.4. The van der Waals surface area contributed by atoms with Gasteiger partial charge in [-0.1, -0.05) is 130 Å². The van der Waals surface area contributed by atoms with E-state index in [1.54, 1.807) is 56.1 Å². The van der Waals surface area contributed by atoms with E-state index in [9.17, 15) is 47.9 Å². The number of ether oxygens (including phenoxy) is 2. The maximum Gasteiger partial charge on any atom is 0.312 e. The van der Waals surface area contributed by atoms with Crippen molar-refractivity contribution in [2.24, 2.45) is 41.2 Å². The molecule has 2 aliphatic heterocycles. The summed E-state index contributed by atoms with van der Waals surface area (Å²) in [6.45, 7) is 24.5. The largest absolute Gasteiger partial charge is 0.378 e. The van der Waals surface area contributed by atoms with Gasteiger partial charge in [-0.3, -0.25) is 53.0 Å². The minimum Gasteiger partial charge on any atom is -0.378 e. The fourth-order valence-electron chi connectivity index (χ4n) is 13.2. The number of nitrogens with zero attached hydrogens (tertiary/aromatic N) is 5. The lowest BCUT2D eigenvalue weighted by atomic mass is 9.92. The van der Waals surface area contributed by atoms with Crippen molar-refractivity contribution in [3.05, 3.63) is 94.5 Å². The number of methoxy groups -OCH3 is 2. The zero-order chi connectivity index (χ0) is 72.5. The van der Waals surface area contributed by atoms with Crippen LogP contribution in [0.1, 0.15) is 162 Å². The molecule has 2 aromatic carbocycles. The molecular weight excluding hydrogens is 1270 g/mol. The third-order valence-corrected chi connectivity index (χ3v) is 19.9. The Morgan fingerprint density at radius 1 is 0.765 bits per heavy atom. The summed E-state index contributed by atoms with van der Waals surface area (Å²) in [5.41, 5.74) is 8.37. The molecule has 1 aromatic heterocycles. The highest BCUT2D eigenvalue weighted by Gasteiger charge is 2.44. The van der Waals surface area contributed by atoms with Gasteiger partial charge in [0.15, 0.2) is 0 Å². The molecule has 0 spiro atoms. The smallest absolute Gasteiger partial charge is 0.312 e. The molecule has 542 valence electrons. The molecule has 0 bridgehead atoms. The number of rotatable bonds is 41. The Kier molecular flexibility index (Phi) is 33.0. The lowest BCUT2D eigenvalue weighted by Crippen LogP contribution is -2.59. The predicted molar refractivity (Wildman–Crippen MR) is 380 cm³/mol. The van der Waals surface area contributed by atoms with Crippen molar-refractivity contribution in [3.8, 4) is 0 Å². The Morgan fingerprint density at radius 2 is 1.45 bits per heavy atom. The molecule has 0 saturated carbocycles. The summed E-state index contributed by atoms with van der Waals surface area (Å²) < 4.78 is 12.2. The fourth-order valence-corrected chi connectivity index (χ4v) is 13.9. The van der Waals surface area contributed by atoms with Crippen molar-refractivity contribution < 1.29 is 57.4 Å². The van der Waals surface area contributed by atoms with Crippen LogP contribution < -0.4 is 37.6 Å². The number of hydrogen-bond donors (Lipinski definition) is 7. The molecule has 3 heterocycles. The first kappa shape index (κ1) is 81.1. The van der Waals surface area contributed by atoms with Crippen LogP contribution in [0.15, 0.2) is 78.3 Å². The van der Waals surface area contributed by atoms with E-state index in [0.717, 1.165) is 16.1 Å². The molecule has 98 heavy (non-hydrogen) atoms. The Labute approximate surface area is 584 Å². The first-order valence-electron chi connectivity index (χ1n) is 34.9. The second-order valence-corrected chi connectivity index (χ2v) is 28.6. The molecule has 1 unspecified atom stereocenters. The number of anilines is 1. The van der Waals surface area contributed by atoms with Crippen LogP contribution in [0.4, 0.5) is 10.5 Å². The van der Waals surface area contributed by atoms with Crippen molar-refractivity contribution in [1.29, 1.82) is 0 Å². The van der Waals surface area contributed by atoms with Gasteiger partial charge in [-0.05, 0) is 112 Å². The third kappa shape index (κ3) is 23.5. The van der Waals surface area contributed by atoms with Crippen LogP contribution >= 0.6 is 11.3 Å². The highest BCUT2D eigenvalue weighted by Crippen LogP contribution is 2.32. The van der Waals surface area contributed by atoms with Gasteiger partial charge in [0.1, 0.15) is 23.1 Å². The summed E-state index contributed by atoms with van der Waals surface area (Å²) >= 11 is 1.48. The lowest BCUT2D eigenvalue weighted by molar-refractivity contribution is -0.145. The van der Waals surface area contributed by atoms with E-state index >= 15 is 0 Å². The van der Waals surface area contributed by atoms with E-state index in [2.05, 4.69) is 43.5 Å². The third-order valence-electron chi connectivity index (χ3n) is 19.0. The molecule has 2 fully saturated rings. The number of unbranched alkanes of at least 4 members (excludes halogenated alkanes) is 2. The second kappa shape index (κ2) is 39.8. The van der Waals surface area contributed by atoms with Crippen LogP contribution in [-0.2, 0) is 65.5 Å². The Hall–Kier alpha value is -7.61. The van der Waals surface area contributed by atoms with Crippen LogP contribution in [0.5, 0.6) is 0 Å². The SMILES string of the molecule is C=C(CC)[C@@H]([C@@H](CC(=O)N1CCC[C@H]1[C@H](OC)[C@@H](C)C(=O)N[C@@H](Cc1ccccc1)c1nccs1)OC)N(C)C(=O)[C@@H](NC(=O)[C@H](C(C)C)N(C)CCc1ccc(NC(=O)[C@H](CCCNC(N)=O)NC(=O)[C@@H](NC(=O)CCCCCN2C(=O)CC(C(C)C)C2=O)C(C)C)cc1)C(C)C. The molecule has 0 radical (unpaired) electrons. The highest BCUT2D eigenvalue weighted by atomic mass is 32.1. The number of nitrogens with two attached hydrogens (primary N) is 1. The molecule has 24 nitrogen and oxygen atoms in total. The maximum atomic E-state index is 14.9. The second-order valence-electron chi connectivity index (χ2n) is 27.7.